The Hall–Kier alpha value is -2.21. The van der Waals surface area contributed by atoms with Gasteiger partial charge in [0.15, 0.2) is 0 Å². The van der Waals surface area contributed by atoms with Crippen LogP contribution >= 0.6 is 15.9 Å². The number of aromatic nitrogens is 1. The van der Waals surface area contributed by atoms with Crippen molar-refractivity contribution in [1.82, 2.24) is 10.3 Å². The van der Waals surface area contributed by atoms with Crippen LogP contribution in [0.15, 0.2) is 47.1 Å². The number of carbonyl (C=O) groups excluding carboxylic acids is 2. The number of rotatable bonds is 4. The summed E-state index contributed by atoms with van der Waals surface area (Å²) in [6.45, 7) is 2.26. The van der Waals surface area contributed by atoms with Crippen LogP contribution in [0.1, 0.15) is 53.5 Å². The maximum absolute atomic E-state index is 12.4. The van der Waals surface area contributed by atoms with E-state index in [0.29, 0.717) is 21.5 Å². The maximum atomic E-state index is 12.4. The van der Waals surface area contributed by atoms with Crippen LogP contribution in [0.3, 0.4) is 0 Å². The lowest BCUT2D eigenvalue weighted by Crippen LogP contribution is -2.37. The van der Waals surface area contributed by atoms with Crippen molar-refractivity contribution in [3.8, 4) is 0 Å². The molecule has 0 unspecified atom stereocenters. The van der Waals surface area contributed by atoms with Crippen molar-refractivity contribution in [3.05, 3.63) is 58.3 Å². The fourth-order valence-electron chi connectivity index (χ4n) is 3.11. The molecule has 3 rings (SSSR count). The van der Waals surface area contributed by atoms with Gasteiger partial charge in [0.2, 0.25) is 0 Å². The third kappa shape index (κ3) is 4.91. The van der Waals surface area contributed by atoms with Crippen molar-refractivity contribution in [1.29, 1.82) is 0 Å². The van der Waals surface area contributed by atoms with Crippen LogP contribution in [0, 0.1) is 5.92 Å². The molecule has 0 atom stereocenters. The molecule has 2 amide bonds. The number of amides is 2. The number of carbonyl (C=O) groups is 2. The summed E-state index contributed by atoms with van der Waals surface area (Å²) in [4.78, 5) is 28.7. The van der Waals surface area contributed by atoms with Gasteiger partial charge in [0, 0.05) is 17.3 Å². The lowest BCUT2D eigenvalue weighted by Gasteiger charge is -2.26. The molecule has 5 nitrogen and oxygen atoms in total. The summed E-state index contributed by atoms with van der Waals surface area (Å²) >= 11 is 3.25. The second-order valence-electron chi connectivity index (χ2n) is 6.81. The minimum Gasteiger partial charge on any atom is -0.349 e. The Labute approximate surface area is 161 Å². The van der Waals surface area contributed by atoms with Crippen LogP contribution in [-0.4, -0.2) is 22.8 Å². The van der Waals surface area contributed by atoms with Gasteiger partial charge in [-0.2, -0.15) is 0 Å². The lowest BCUT2D eigenvalue weighted by atomic mass is 9.87. The van der Waals surface area contributed by atoms with Gasteiger partial charge < -0.3 is 10.6 Å². The van der Waals surface area contributed by atoms with Gasteiger partial charge in [-0.25, -0.2) is 4.98 Å². The van der Waals surface area contributed by atoms with Crippen LogP contribution in [-0.2, 0) is 0 Å². The summed E-state index contributed by atoms with van der Waals surface area (Å²) < 4.78 is 0.606. The normalized spacial score (nSPS) is 19.6. The maximum Gasteiger partial charge on any atom is 0.274 e. The number of halogens is 1. The number of hydrogen-bond donors (Lipinski definition) is 2. The van der Waals surface area contributed by atoms with E-state index in [1.807, 2.05) is 0 Å². The first-order valence-electron chi connectivity index (χ1n) is 8.86. The average Bonchev–Trinajstić information content (AvgIpc) is 2.64. The molecule has 1 aromatic carbocycles. The highest BCUT2D eigenvalue weighted by molar-refractivity contribution is 9.10. The average molecular weight is 416 g/mol. The van der Waals surface area contributed by atoms with E-state index in [4.69, 9.17) is 0 Å². The van der Waals surface area contributed by atoms with Crippen molar-refractivity contribution in [2.24, 2.45) is 5.92 Å². The summed E-state index contributed by atoms with van der Waals surface area (Å²) in [5.74, 6) is 0.404. The van der Waals surface area contributed by atoms with Crippen molar-refractivity contribution in [2.75, 3.05) is 5.32 Å². The molecule has 1 fully saturated rings. The van der Waals surface area contributed by atoms with Crippen LogP contribution in [0.25, 0.3) is 0 Å². The zero-order valence-electron chi connectivity index (χ0n) is 14.7. The number of anilines is 1. The summed E-state index contributed by atoms with van der Waals surface area (Å²) in [5.41, 5.74) is 1.55. The molecule has 2 aromatic rings. The monoisotopic (exact) mass is 415 g/mol. The SMILES string of the molecule is CC1CCC(NC(=O)c2ccc(NC(=O)c3cccc(Br)n3)cc2)CC1. The van der Waals surface area contributed by atoms with Crippen molar-refractivity contribution in [2.45, 2.75) is 38.6 Å². The standard InChI is InChI=1S/C20H22BrN3O2/c1-13-5-9-15(10-6-13)22-19(25)14-7-11-16(12-8-14)23-20(26)17-3-2-4-18(21)24-17/h2-4,7-8,11-13,15H,5-6,9-10H2,1H3,(H,22,25)(H,23,26). The van der Waals surface area contributed by atoms with Gasteiger partial charge in [0.05, 0.1) is 0 Å². The summed E-state index contributed by atoms with van der Waals surface area (Å²) in [5, 5.41) is 5.89. The molecule has 136 valence electrons. The minimum atomic E-state index is -0.292. The lowest BCUT2D eigenvalue weighted by molar-refractivity contribution is 0.0922. The quantitative estimate of drug-likeness (QED) is 0.726. The second-order valence-corrected chi connectivity index (χ2v) is 7.62. The molecule has 2 N–H and O–H groups in total. The molecule has 26 heavy (non-hydrogen) atoms. The fraction of sp³-hybridized carbons (Fsp3) is 0.350. The molecule has 0 aliphatic heterocycles. The van der Waals surface area contributed by atoms with Gasteiger partial charge in [-0.3, -0.25) is 9.59 Å². The first-order chi connectivity index (χ1) is 12.5. The predicted octanol–water partition coefficient (Wildman–Crippen LogP) is 4.40. The second kappa shape index (κ2) is 8.45. The minimum absolute atomic E-state index is 0.0592. The number of benzene rings is 1. The molecule has 0 radical (unpaired) electrons. The Balaban J connectivity index is 1.57. The number of hydrogen-bond acceptors (Lipinski definition) is 3. The van der Waals surface area contributed by atoms with E-state index in [1.165, 1.54) is 12.8 Å². The molecule has 6 heteroatoms. The third-order valence-electron chi connectivity index (χ3n) is 4.70. The van der Waals surface area contributed by atoms with E-state index < -0.39 is 0 Å². The first kappa shape index (κ1) is 18.6. The highest BCUT2D eigenvalue weighted by Crippen LogP contribution is 2.23. The molecule has 1 aromatic heterocycles. The number of pyridine rings is 1. The van der Waals surface area contributed by atoms with Gasteiger partial charge >= 0.3 is 0 Å². The molecule has 1 heterocycles. The van der Waals surface area contributed by atoms with Crippen molar-refractivity contribution < 1.29 is 9.59 Å². The Bertz CT molecular complexity index is 784. The molecule has 1 aliphatic carbocycles. The van der Waals surface area contributed by atoms with Crippen LogP contribution in [0.2, 0.25) is 0 Å². The summed E-state index contributed by atoms with van der Waals surface area (Å²) in [7, 11) is 0. The largest absolute Gasteiger partial charge is 0.349 e. The zero-order valence-corrected chi connectivity index (χ0v) is 16.3. The topological polar surface area (TPSA) is 71.1 Å². The molecule has 0 bridgehead atoms. The fourth-order valence-corrected chi connectivity index (χ4v) is 3.45. The van der Waals surface area contributed by atoms with Crippen LogP contribution in [0.4, 0.5) is 5.69 Å². The summed E-state index contributed by atoms with van der Waals surface area (Å²) in [6, 6.07) is 12.3. The van der Waals surface area contributed by atoms with E-state index in [0.717, 1.165) is 18.8 Å². The van der Waals surface area contributed by atoms with E-state index in [-0.39, 0.29) is 17.9 Å². The Morgan fingerprint density at radius 1 is 1.00 bits per heavy atom. The van der Waals surface area contributed by atoms with Crippen LogP contribution < -0.4 is 10.6 Å². The van der Waals surface area contributed by atoms with E-state index in [9.17, 15) is 9.59 Å². The Morgan fingerprint density at radius 3 is 2.35 bits per heavy atom. The highest BCUT2D eigenvalue weighted by Gasteiger charge is 2.20. The molecule has 1 aliphatic rings. The van der Waals surface area contributed by atoms with Gasteiger partial charge in [-0.15, -0.1) is 0 Å². The smallest absolute Gasteiger partial charge is 0.274 e. The third-order valence-corrected chi connectivity index (χ3v) is 5.15. The Morgan fingerprint density at radius 2 is 1.69 bits per heavy atom. The van der Waals surface area contributed by atoms with Crippen LogP contribution in [0.5, 0.6) is 0 Å². The molecule has 1 saturated carbocycles. The van der Waals surface area contributed by atoms with Gasteiger partial charge in [-0.05, 0) is 83.9 Å². The van der Waals surface area contributed by atoms with Crippen molar-refractivity contribution in [3.63, 3.8) is 0 Å². The highest BCUT2D eigenvalue weighted by atomic mass is 79.9. The number of nitrogens with one attached hydrogen (secondary N) is 2. The zero-order chi connectivity index (χ0) is 18.5. The molecule has 0 spiro atoms. The van der Waals surface area contributed by atoms with Gasteiger partial charge in [0.25, 0.3) is 11.8 Å². The Kier molecular flexibility index (Phi) is 6.04. The van der Waals surface area contributed by atoms with Crippen molar-refractivity contribution >= 4 is 33.4 Å². The van der Waals surface area contributed by atoms with Gasteiger partial charge in [-0.1, -0.05) is 13.0 Å². The van der Waals surface area contributed by atoms with E-state index >= 15 is 0 Å². The molecular weight excluding hydrogens is 394 g/mol. The molecular formula is C20H22BrN3O2. The van der Waals surface area contributed by atoms with E-state index in [1.54, 1.807) is 42.5 Å². The molecule has 0 saturated heterocycles. The summed E-state index contributed by atoms with van der Waals surface area (Å²) in [6.07, 6.45) is 4.42. The predicted molar refractivity (Wildman–Crippen MR) is 105 cm³/mol. The van der Waals surface area contributed by atoms with E-state index in [2.05, 4.69) is 38.5 Å². The van der Waals surface area contributed by atoms with Gasteiger partial charge in [0.1, 0.15) is 10.3 Å². The number of nitrogens with zero attached hydrogens (tertiary/aromatic N) is 1. The first-order valence-corrected chi connectivity index (χ1v) is 9.65.